The smallest absolute Gasteiger partial charge is 0.263 e. The van der Waals surface area contributed by atoms with Gasteiger partial charge in [-0.2, -0.15) is 5.11 Å². The average Bonchev–Trinajstić information content (AvgIpc) is 3.39. The van der Waals surface area contributed by atoms with Gasteiger partial charge in [-0.15, -0.1) is 0 Å². The van der Waals surface area contributed by atoms with Gasteiger partial charge < -0.3 is 4.74 Å². The summed E-state index contributed by atoms with van der Waals surface area (Å²) in [5, 5.41) is 9.69. The molecule has 7 heteroatoms. The minimum Gasteiger partial charge on any atom is -0.497 e. The first kappa shape index (κ1) is 16.0. The van der Waals surface area contributed by atoms with Gasteiger partial charge in [0.25, 0.3) is 11.8 Å². The molecule has 0 saturated carbocycles. The number of nitrogens with zero attached hydrogens (tertiary/aromatic N) is 4. The number of amides is 2. The Balaban J connectivity index is 1.49. The summed E-state index contributed by atoms with van der Waals surface area (Å²) >= 11 is 0. The highest BCUT2D eigenvalue weighted by Crippen LogP contribution is 2.37. The second kappa shape index (κ2) is 5.90. The van der Waals surface area contributed by atoms with E-state index in [0.717, 1.165) is 19.3 Å². The van der Waals surface area contributed by atoms with Crippen molar-refractivity contribution < 1.29 is 14.3 Å². The minimum absolute atomic E-state index is 0.296. The molecule has 5 rings (SSSR count). The van der Waals surface area contributed by atoms with Crippen LogP contribution in [0.5, 0.6) is 5.75 Å². The predicted octanol–water partition coefficient (Wildman–Crippen LogP) is 2.68. The van der Waals surface area contributed by atoms with E-state index >= 15 is 0 Å². The number of ether oxygens (including phenoxy) is 1. The molecule has 2 amide bonds. The molecule has 1 aliphatic carbocycles. The molecule has 1 saturated heterocycles. The zero-order chi connectivity index (χ0) is 18.5. The lowest BCUT2D eigenvalue weighted by molar-refractivity contribution is -0.121. The molecule has 2 heterocycles. The number of hydrogen-bond acceptors (Lipinski definition) is 6. The quantitative estimate of drug-likeness (QED) is 0.787. The molecule has 0 spiro atoms. The lowest BCUT2D eigenvalue weighted by Gasteiger charge is -2.21. The summed E-state index contributed by atoms with van der Waals surface area (Å²) in [5.74, 6) is 0.0336. The zero-order valence-electron chi connectivity index (χ0n) is 14.8. The van der Waals surface area contributed by atoms with Crippen molar-refractivity contribution in [2.45, 2.75) is 31.3 Å². The van der Waals surface area contributed by atoms with Crippen molar-refractivity contribution in [2.75, 3.05) is 17.0 Å². The molecule has 2 aromatic rings. The molecule has 2 atom stereocenters. The number of rotatable bonds is 3. The van der Waals surface area contributed by atoms with Crippen LogP contribution in [0.4, 0.5) is 11.4 Å². The number of aryl methyl sites for hydroxylation is 2. The lowest BCUT2D eigenvalue weighted by Crippen LogP contribution is -2.39. The fourth-order valence-corrected chi connectivity index (χ4v) is 4.08. The third-order valence-corrected chi connectivity index (χ3v) is 5.44. The Kier molecular flexibility index (Phi) is 3.50. The van der Waals surface area contributed by atoms with E-state index in [9.17, 15) is 9.59 Å². The Morgan fingerprint density at radius 1 is 1.00 bits per heavy atom. The van der Waals surface area contributed by atoms with Crippen LogP contribution in [0.15, 0.2) is 52.8 Å². The van der Waals surface area contributed by atoms with Gasteiger partial charge in [0.1, 0.15) is 5.75 Å². The molecule has 2 aromatic carbocycles. The lowest BCUT2D eigenvalue weighted by atomic mass is 10.1. The Morgan fingerprint density at radius 2 is 1.85 bits per heavy atom. The van der Waals surface area contributed by atoms with Crippen LogP contribution in [0.1, 0.15) is 17.5 Å². The van der Waals surface area contributed by atoms with Gasteiger partial charge in [0.15, 0.2) is 12.1 Å². The summed E-state index contributed by atoms with van der Waals surface area (Å²) in [7, 11) is 1.58. The van der Waals surface area contributed by atoms with E-state index < -0.39 is 12.1 Å². The fraction of sp³-hybridized carbons (Fsp3) is 0.300. The van der Waals surface area contributed by atoms with Gasteiger partial charge in [-0.05, 0) is 54.7 Å². The van der Waals surface area contributed by atoms with Crippen LogP contribution < -0.4 is 14.6 Å². The Labute approximate surface area is 156 Å². The number of benzene rings is 2. The molecular formula is C20H18N4O3. The maximum absolute atomic E-state index is 13.1. The summed E-state index contributed by atoms with van der Waals surface area (Å²) in [6, 6.07) is 11.5. The number of carbonyl (C=O) groups is 2. The Hall–Kier alpha value is -3.22. The van der Waals surface area contributed by atoms with E-state index in [1.165, 1.54) is 21.0 Å². The second-order valence-corrected chi connectivity index (χ2v) is 6.96. The van der Waals surface area contributed by atoms with E-state index in [1.807, 2.05) is 36.4 Å². The highest BCUT2D eigenvalue weighted by molar-refractivity contribution is 6.26. The molecule has 1 fully saturated rings. The van der Waals surface area contributed by atoms with E-state index in [2.05, 4.69) is 10.3 Å². The molecule has 0 N–H and O–H groups in total. The second-order valence-electron chi connectivity index (χ2n) is 6.96. The van der Waals surface area contributed by atoms with Crippen LogP contribution in [0, 0.1) is 0 Å². The predicted molar refractivity (Wildman–Crippen MR) is 98.9 cm³/mol. The number of hydrogen-bond donors (Lipinski definition) is 0. The molecule has 136 valence electrons. The van der Waals surface area contributed by atoms with Gasteiger partial charge in [-0.3, -0.25) is 9.59 Å². The van der Waals surface area contributed by atoms with Gasteiger partial charge in [-0.25, -0.2) is 9.91 Å². The standard InChI is InChI=1S/C20H18N4O3/c1-27-16-7-3-6-15(11-16)24-18-17(21-22-24)19(25)23(20(18)26)14-9-8-12-4-2-5-13(12)10-14/h3,6-11,17-18H,2,4-5H2,1H3/t17-,18+/m0/s1. The monoisotopic (exact) mass is 362 g/mol. The van der Waals surface area contributed by atoms with Crippen molar-refractivity contribution >= 4 is 23.2 Å². The molecule has 7 nitrogen and oxygen atoms in total. The van der Waals surface area contributed by atoms with Gasteiger partial charge in [0.05, 0.1) is 18.5 Å². The van der Waals surface area contributed by atoms with Crippen molar-refractivity contribution in [1.82, 2.24) is 0 Å². The highest BCUT2D eigenvalue weighted by Gasteiger charge is 2.55. The van der Waals surface area contributed by atoms with Crippen molar-refractivity contribution in [2.24, 2.45) is 10.3 Å². The van der Waals surface area contributed by atoms with Gasteiger partial charge in [-0.1, -0.05) is 17.4 Å². The topological polar surface area (TPSA) is 74.6 Å². The van der Waals surface area contributed by atoms with Crippen molar-refractivity contribution in [1.29, 1.82) is 0 Å². The van der Waals surface area contributed by atoms with Gasteiger partial charge in [0.2, 0.25) is 0 Å². The van der Waals surface area contributed by atoms with E-state index in [4.69, 9.17) is 4.74 Å². The van der Waals surface area contributed by atoms with E-state index in [-0.39, 0.29) is 11.8 Å². The van der Waals surface area contributed by atoms with E-state index in [1.54, 1.807) is 13.2 Å². The van der Waals surface area contributed by atoms with Gasteiger partial charge in [0, 0.05) is 6.07 Å². The molecular weight excluding hydrogens is 344 g/mol. The third-order valence-electron chi connectivity index (χ3n) is 5.44. The maximum Gasteiger partial charge on any atom is 0.263 e. The summed E-state index contributed by atoms with van der Waals surface area (Å²) in [5.41, 5.74) is 3.82. The molecule has 0 bridgehead atoms. The number of fused-ring (bicyclic) bond motifs is 2. The molecule has 0 aromatic heterocycles. The normalized spacial score (nSPS) is 23.1. The zero-order valence-corrected chi connectivity index (χ0v) is 14.8. The molecule has 2 aliphatic heterocycles. The Morgan fingerprint density at radius 3 is 2.70 bits per heavy atom. The molecule has 0 radical (unpaired) electrons. The van der Waals surface area contributed by atoms with Crippen molar-refractivity contribution in [3.63, 3.8) is 0 Å². The fourth-order valence-electron chi connectivity index (χ4n) is 4.08. The van der Waals surface area contributed by atoms with Crippen molar-refractivity contribution in [3.05, 3.63) is 53.6 Å². The van der Waals surface area contributed by atoms with Crippen LogP contribution >= 0.6 is 0 Å². The van der Waals surface area contributed by atoms with Crippen molar-refractivity contribution in [3.8, 4) is 5.75 Å². The first-order chi connectivity index (χ1) is 13.2. The van der Waals surface area contributed by atoms with Crippen LogP contribution in [0.25, 0.3) is 0 Å². The van der Waals surface area contributed by atoms with Crippen LogP contribution in [0.3, 0.4) is 0 Å². The average molecular weight is 362 g/mol. The SMILES string of the molecule is COc1cccc(N2N=N[C@@H]3C(=O)N(c4ccc5c(c4)CCC5)C(=O)[C@@H]32)c1. The third kappa shape index (κ3) is 2.34. The van der Waals surface area contributed by atoms with Crippen LogP contribution in [0.2, 0.25) is 0 Å². The Bertz CT molecular complexity index is 987. The first-order valence-electron chi connectivity index (χ1n) is 9.01. The van der Waals surface area contributed by atoms with Crippen LogP contribution in [-0.4, -0.2) is 31.0 Å². The molecule has 0 unspecified atom stereocenters. The molecule has 3 aliphatic rings. The van der Waals surface area contributed by atoms with Gasteiger partial charge >= 0.3 is 0 Å². The summed E-state index contributed by atoms with van der Waals surface area (Å²) in [4.78, 5) is 27.3. The largest absolute Gasteiger partial charge is 0.497 e. The summed E-state index contributed by atoms with van der Waals surface area (Å²) in [6.45, 7) is 0. The minimum atomic E-state index is -0.808. The number of anilines is 2. The number of carbonyl (C=O) groups excluding carboxylic acids is 2. The number of methoxy groups -OCH3 is 1. The van der Waals surface area contributed by atoms with E-state index in [0.29, 0.717) is 17.1 Å². The first-order valence-corrected chi connectivity index (χ1v) is 9.01. The maximum atomic E-state index is 13.1. The van der Waals surface area contributed by atoms with Crippen LogP contribution in [-0.2, 0) is 22.4 Å². The summed E-state index contributed by atoms with van der Waals surface area (Å²) < 4.78 is 5.25. The number of imide groups is 1. The summed E-state index contributed by atoms with van der Waals surface area (Å²) in [6.07, 6.45) is 3.16. The highest BCUT2D eigenvalue weighted by atomic mass is 16.5. The molecule has 27 heavy (non-hydrogen) atoms.